The van der Waals surface area contributed by atoms with Crippen LogP contribution in [-0.2, 0) is 11.2 Å². The Labute approximate surface area is 163 Å². The second-order valence-electron chi connectivity index (χ2n) is 5.29. The largest absolute Gasteiger partial charge is 0.497 e. The molecule has 0 radical (unpaired) electrons. The SMILES string of the molecule is COc1ccc(CC(=O)Nn2c(-c3ccc(Br)cc3)csc2=S)cc1. The van der Waals surface area contributed by atoms with Gasteiger partial charge in [-0.3, -0.25) is 10.2 Å². The lowest BCUT2D eigenvalue weighted by atomic mass is 10.1. The maximum atomic E-state index is 12.4. The third-order valence-electron chi connectivity index (χ3n) is 3.60. The fraction of sp³-hybridized carbons (Fsp3) is 0.111. The summed E-state index contributed by atoms with van der Waals surface area (Å²) >= 11 is 10.2. The van der Waals surface area contributed by atoms with Crippen LogP contribution in [0.1, 0.15) is 5.56 Å². The van der Waals surface area contributed by atoms with Gasteiger partial charge in [0, 0.05) is 15.4 Å². The highest BCUT2D eigenvalue weighted by molar-refractivity contribution is 9.10. The summed E-state index contributed by atoms with van der Waals surface area (Å²) in [6.07, 6.45) is 0.265. The van der Waals surface area contributed by atoms with Crippen molar-refractivity contribution >= 4 is 45.4 Å². The zero-order valence-electron chi connectivity index (χ0n) is 13.4. The highest BCUT2D eigenvalue weighted by Crippen LogP contribution is 2.24. The Morgan fingerprint density at radius 2 is 1.88 bits per heavy atom. The lowest BCUT2D eigenvalue weighted by Crippen LogP contribution is -2.25. The Morgan fingerprint density at radius 1 is 1.20 bits per heavy atom. The van der Waals surface area contributed by atoms with Gasteiger partial charge in [0.25, 0.3) is 0 Å². The van der Waals surface area contributed by atoms with E-state index in [-0.39, 0.29) is 12.3 Å². The number of hydrogen-bond acceptors (Lipinski definition) is 4. The van der Waals surface area contributed by atoms with E-state index < -0.39 is 0 Å². The van der Waals surface area contributed by atoms with E-state index in [1.807, 2.05) is 53.9 Å². The maximum Gasteiger partial charge on any atom is 0.243 e. The van der Waals surface area contributed by atoms with Crippen molar-refractivity contribution < 1.29 is 9.53 Å². The number of hydrogen-bond donors (Lipinski definition) is 1. The van der Waals surface area contributed by atoms with Crippen molar-refractivity contribution in [2.24, 2.45) is 0 Å². The van der Waals surface area contributed by atoms with Gasteiger partial charge in [0.1, 0.15) is 5.75 Å². The van der Waals surface area contributed by atoms with Crippen molar-refractivity contribution in [3.63, 3.8) is 0 Å². The first kappa shape index (κ1) is 17.8. The van der Waals surface area contributed by atoms with E-state index in [0.717, 1.165) is 27.0 Å². The van der Waals surface area contributed by atoms with Crippen molar-refractivity contribution in [2.45, 2.75) is 6.42 Å². The van der Waals surface area contributed by atoms with Gasteiger partial charge in [-0.25, -0.2) is 4.68 Å². The molecule has 4 nitrogen and oxygen atoms in total. The fourth-order valence-corrected chi connectivity index (χ4v) is 3.58. The van der Waals surface area contributed by atoms with Gasteiger partial charge in [-0.2, -0.15) is 0 Å². The minimum atomic E-state index is -0.127. The number of ether oxygens (including phenoxy) is 1. The predicted molar refractivity (Wildman–Crippen MR) is 107 cm³/mol. The molecule has 1 aromatic heterocycles. The molecule has 0 saturated carbocycles. The minimum absolute atomic E-state index is 0.127. The number of nitrogens with one attached hydrogen (secondary N) is 1. The van der Waals surface area contributed by atoms with E-state index in [1.165, 1.54) is 11.3 Å². The second kappa shape index (κ2) is 7.95. The molecular formula is C18H15BrN2O2S2. The van der Waals surface area contributed by atoms with E-state index >= 15 is 0 Å². The highest BCUT2D eigenvalue weighted by Gasteiger charge is 2.11. The molecule has 0 aliphatic heterocycles. The van der Waals surface area contributed by atoms with Crippen molar-refractivity contribution in [1.29, 1.82) is 0 Å². The Morgan fingerprint density at radius 3 is 2.52 bits per heavy atom. The number of halogens is 1. The normalized spacial score (nSPS) is 10.5. The molecule has 3 rings (SSSR count). The molecule has 0 spiro atoms. The molecule has 7 heteroatoms. The van der Waals surface area contributed by atoms with Crippen LogP contribution in [0.5, 0.6) is 5.75 Å². The smallest absolute Gasteiger partial charge is 0.243 e. The number of thiazole rings is 1. The van der Waals surface area contributed by atoms with Gasteiger partial charge in [0.2, 0.25) is 5.91 Å². The molecule has 0 bridgehead atoms. The van der Waals surface area contributed by atoms with Gasteiger partial charge in [0.15, 0.2) is 3.95 Å². The third-order valence-corrected chi connectivity index (χ3v) is 5.32. The topological polar surface area (TPSA) is 43.3 Å². The Hall–Kier alpha value is -1.96. The molecule has 0 fully saturated rings. The number of methoxy groups -OCH3 is 1. The minimum Gasteiger partial charge on any atom is -0.497 e. The van der Waals surface area contributed by atoms with Crippen LogP contribution in [0.25, 0.3) is 11.3 Å². The quantitative estimate of drug-likeness (QED) is 0.572. The number of amides is 1. The Balaban J connectivity index is 1.78. The number of rotatable bonds is 5. The van der Waals surface area contributed by atoms with E-state index in [9.17, 15) is 4.79 Å². The van der Waals surface area contributed by atoms with Gasteiger partial charge in [-0.05, 0) is 42.0 Å². The molecule has 25 heavy (non-hydrogen) atoms. The van der Waals surface area contributed by atoms with Crippen LogP contribution in [0, 0.1) is 3.95 Å². The van der Waals surface area contributed by atoms with Crippen LogP contribution in [0.4, 0.5) is 0 Å². The van der Waals surface area contributed by atoms with Gasteiger partial charge in [-0.15, -0.1) is 11.3 Å². The van der Waals surface area contributed by atoms with Crippen LogP contribution in [-0.4, -0.2) is 17.7 Å². The first-order chi connectivity index (χ1) is 12.1. The van der Waals surface area contributed by atoms with Crippen molar-refractivity contribution in [3.8, 4) is 17.0 Å². The molecule has 1 heterocycles. The molecule has 2 aromatic carbocycles. The number of carbonyl (C=O) groups excluding carboxylic acids is 1. The van der Waals surface area contributed by atoms with Crippen LogP contribution in [0.3, 0.4) is 0 Å². The molecule has 1 N–H and O–H groups in total. The van der Waals surface area contributed by atoms with Gasteiger partial charge >= 0.3 is 0 Å². The molecule has 0 unspecified atom stereocenters. The van der Waals surface area contributed by atoms with Crippen LogP contribution < -0.4 is 10.2 Å². The van der Waals surface area contributed by atoms with E-state index in [1.54, 1.807) is 11.8 Å². The summed E-state index contributed by atoms with van der Waals surface area (Å²) in [5.41, 5.74) is 5.65. The second-order valence-corrected chi connectivity index (χ2v) is 7.71. The molecule has 1 amide bonds. The van der Waals surface area contributed by atoms with Crippen molar-refractivity contribution in [1.82, 2.24) is 4.68 Å². The predicted octanol–water partition coefficient (Wildman–Crippen LogP) is 5.03. The first-order valence-corrected chi connectivity index (χ1v) is 9.54. The van der Waals surface area contributed by atoms with E-state index in [4.69, 9.17) is 17.0 Å². The summed E-state index contributed by atoms with van der Waals surface area (Å²) in [7, 11) is 1.61. The van der Waals surface area contributed by atoms with Crippen LogP contribution >= 0.6 is 39.5 Å². The Bertz CT molecular complexity index is 931. The zero-order chi connectivity index (χ0) is 17.8. The summed E-state index contributed by atoms with van der Waals surface area (Å²) in [5.74, 6) is 0.639. The Kier molecular flexibility index (Phi) is 5.67. The average molecular weight is 435 g/mol. The summed E-state index contributed by atoms with van der Waals surface area (Å²) in [5, 5.41) is 1.94. The zero-order valence-corrected chi connectivity index (χ0v) is 16.6. The van der Waals surface area contributed by atoms with E-state index in [2.05, 4.69) is 21.4 Å². The molecule has 0 saturated heterocycles. The van der Waals surface area contributed by atoms with Crippen LogP contribution in [0.15, 0.2) is 58.4 Å². The molecule has 0 atom stereocenters. The summed E-state index contributed by atoms with van der Waals surface area (Å²) < 4.78 is 8.39. The summed E-state index contributed by atoms with van der Waals surface area (Å²) in [6, 6.07) is 15.3. The third kappa shape index (κ3) is 4.36. The summed E-state index contributed by atoms with van der Waals surface area (Å²) in [6.45, 7) is 0. The van der Waals surface area contributed by atoms with Gasteiger partial charge in [-0.1, -0.05) is 40.2 Å². The lowest BCUT2D eigenvalue weighted by molar-refractivity contribution is -0.116. The van der Waals surface area contributed by atoms with Crippen LogP contribution in [0.2, 0.25) is 0 Å². The molecule has 128 valence electrons. The molecular weight excluding hydrogens is 420 g/mol. The first-order valence-electron chi connectivity index (χ1n) is 7.46. The lowest BCUT2D eigenvalue weighted by Gasteiger charge is -2.11. The summed E-state index contributed by atoms with van der Waals surface area (Å²) in [4.78, 5) is 12.4. The maximum absolute atomic E-state index is 12.4. The standard InChI is InChI=1S/C18H15BrN2O2S2/c1-23-15-8-2-12(3-9-15)10-17(22)20-21-16(11-25-18(21)24)13-4-6-14(19)7-5-13/h2-9,11H,10H2,1H3,(H,20,22). The molecule has 3 aromatic rings. The number of nitrogens with zero attached hydrogens (tertiary/aromatic N) is 1. The molecule has 0 aliphatic carbocycles. The van der Waals surface area contributed by atoms with Gasteiger partial charge in [0.05, 0.1) is 19.2 Å². The van der Waals surface area contributed by atoms with E-state index in [0.29, 0.717) is 3.95 Å². The van der Waals surface area contributed by atoms with Crippen molar-refractivity contribution in [3.05, 3.63) is 67.9 Å². The fourth-order valence-electron chi connectivity index (χ4n) is 2.33. The monoisotopic (exact) mass is 434 g/mol. The number of aromatic nitrogens is 1. The highest BCUT2D eigenvalue weighted by atomic mass is 79.9. The van der Waals surface area contributed by atoms with Crippen molar-refractivity contribution in [2.75, 3.05) is 12.5 Å². The molecule has 0 aliphatic rings. The average Bonchev–Trinajstić information content (AvgIpc) is 2.97. The number of benzene rings is 2. The van der Waals surface area contributed by atoms with Gasteiger partial charge < -0.3 is 4.74 Å². The number of carbonyl (C=O) groups is 1.